The van der Waals surface area contributed by atoms with E-state index >= 15 is 0 Å². The van der Waals surface area contributed by atoms with Gasteiger partial charge in [0.1, 0.15) is 0 Å². The Morgan fingerprint density at radius 3 is 2.57 bits per heavy atom. The van der Waals surface area contributed by atoms with Crippen molar-refractivity contribution in [2.24, 2.45) is 0 Å². The van der Waals surface area contributed by atoms with Crippen molar-refractivity contribution in [3.63, 3.8) is 0 Å². The van der Waals surface area contributed by atoms with Gasteiger partial charge in [-0.05, 0) is 18.1 Å². The molecule has 0 atom stereocenters. The molecule has 0 radical (unpaired) electrons. The molecule has 1 aromatic rings. The number of nitrogens with one attached hydrogen (secondary N) is 1. The average molecular weight is 192 g/mol. The Labute approximate surface area is 84.7 Å². The quantitative estimate of drug-likeness (QED) is 0.735. The van der Waals surface area contributed by atoms with Crippen molar-refractivity contribution in [3.05, 3.63) is 35.4 Å². The number of carbonyl (C=O) groups excluding carboxylic acids is 1. The van der Waals surface area contributed by atoms with Crippen LogP contribution >= 0.6 is 0 Å². The van der Waals surface area contributed by atoms with Crippen LogP contribution in [0.1, 0.15) is 22.8 Å². The van der Waals surface area contributed by atoms with Gasteiger partial charge in [0, 0.05) is 19.7 Å². The van der Waals surface area contributed by atoms with E-state index in [1.54, 1.807) is 19.1 Å². The first-order valence-electron chi connectivity index (χ1n) is 4.71. The summed E-state index contributed by atoms with van der Waals surface area (Å²) >= 11 is 0. The van der Waals surface area contributed by atoms with Crippen molar-refractivity contribution in [1.82, 2.24) is 10.4 Å². The molecule has 1 N–H and O–H groups in total. The normalized spacial score (nSPS) is 10.3. The number of rotatable bonds is 3. The molecule has 0 aliphatic rings. The molecule has 0 aliphatic heterocycles. The van der Waals surface area contributed by atoms with Crippen molar-refractivity contribution in [1.29, 1.82) is 0 Å². The third-order valence-corrected chi connectivity index (χ3v) is 1.97. The molecule has 3 nitrogen and oxygen atoms in total. The van der Waals surface area contributed by atoms with Crippen molar-refractivity contribution in [2.75, 3.05) is 14.1 Å². The summed E-state index contributed by atoms with van der Waals surface area (Å²) in [6, 6.07) is 7.65. The number of amides is 1. The second-order valence-corrected chi connectivity index (χ2v) is 3.35. The van der Waals surface area contributed by atoms with E-state index in [9.17, 15) is 4.79 Å². The van der Waals surface area contributed by atoms with Crippen LogP contribution in [0.4, 0.5) is 0 Å². The third kappa shape index (κ3) is 2.57. The summed E-state index contributed by atoms with van der Waals surface area (Å²) in [5.41, 5.74) is 4.56. The van der Waals surface area contributed by atoms with Gasteiger partial charge in [0.25, 0.3) is 5.91 Å². The van der Waals surface area contributed by atoms with Crippen molar-refractivity contribution in [3.8, 4) is 0 Å². The zero-order chi connectivity index (χ0) is 10.6. The SMILES string of the molecule is CCc1ccccc1C(=O)NN(C)C. The summed E-state index contributed by atoms with van der Waals surface area (Å²) < 4.78 is 0. The van der Waals surface area contributed by atoms with Crippen LogP contribution in [0.5, 0.6) is 0 Å². The van der Waals surface area contributed by atoms with Gasteiger partial charge in [-0.15, -0.1) is 0 Å². The smallest absolute Gasteiger partial charge is 0.265 e. The van der Waals surface area contributed by atoms with Crippen molar-refractivity contribution < 1.29 is 4.79 Å². The van der Waals surface area contributed by atoms with E-state index in [0.29, 0.717) is 0 Å². The molecule has 1 amide bonds. The lowest BCUT2D eigenvalue weighted by atomic mass is 10.1. The second-order valence-electron chi connectivity index (χ2n) is 3.35. The molecule has 0 unspecified atom stereocenters. The average Bonchev–Trinajstić information content (AvgIpc) is 2.16. The Kier molecular flexibility index (Phi) is 3.65. The number of benzene rings is 1. The number of carbonyl (C=O) groups is 1. The van der Waals surface area contributed by atoms with Gasteiger partial charge in [-0.1, -0.05) is 25.1 Å². The maximum atomic E-state index is 11.7. The van der Waals surface area contributed by atoms with Crippen LogP contribution in [0.2, 0.25) is 0 Å². The topological polar surface area (TPSA) is 32.3 Å². The summed E-state index contributed by atoms with van der Waals surface area (Å²) in [4.78, 5) is 11.7. The molecule has 0 aliphatic carbocycles. The standard InChI is InChI=1S/C11H16N2O/c1-4-9-7-5-6-8-10(9)11(14)12-13(2)3/h5-8H,4H2,1-3H3,(H,12,14). The first-order valence-corrected chi connectivity index (χ1v) is 4.71. The Hall–Kier alpha value is -1.35. The third-order valence-electron chi connectivity index (χ3n) is 1.97. The van der Waals surface area contributed by atoms with Crippen molar-refractivity contribution >= 4 is 5.91 Å². The Balaban J connectivity index is 2.88. The Morgan fingerprint density at radius 1 is 1.36 bits per heavy atom. The highest BCUT2D eigenvalue weighted by Gasteiger charge is 2.09. The molecule has 0 fully saturated rings. The van der Waals surface area contributed by atoms with Gasteiger partial charge in [-0.3, -0.25) is 10.2 Å². The molecule has 0 saturated heterocycles. The molecule has 3 heteroatoms. The molecule has 0 aromatic heterocycles. The number of hydrazine groups is 1. The van der Waals surface area contributed by atoms with Gasteiger partial charge in [0.2, 0.25) is 0 Å². The van der Waals surface area contributed by atoms with Crippen LogP contribution in [-0.4, -0.2) is 25.0 Å². The zero-order valence-corrected chi connectivity index (χ0v) is 8.87. The summed E-state index contributed by atoms with van der Waals surface area (Å²) in [5, 5.41) is 1.65. The Morgan fingerprint density at radius 2 is 2.00 bits per heavy atom. The number of hydrogen-bond donors (Lipinski definition) is 1. The lowest BCUT2D eigenvalue weighted by Crippen LogP contribution is -2.36. The van der Waals surface area contributed by atoms with E-state index in [0.717, 1.165) is 17.5 Å². The van der Waals surface area contributed by atoms with E-state index < -0.39 is 0 Å². The molecule has 0 saturated carbocycles. The van der Waals surface area contributed by atoms with E-state index in [1.807, 2.05) is 31.2 Å². The maximum Gasteiger partial charge on any atom is 0.265 e. The van der Waals surface area contributed by atoms with Crippen LogP contribution in [0.25, 0.3) is 0 Å². The molecule has 0 bridgehead atoms. The highest BCUT2D eigenvalue weighted by molar-refractivity contribution is 5.95. The van der Waals surface area contributed by atoms with Gasteiger partial charge in [-0.25, -0.2) is 5.01 Å². The predicted molar refractivity (Wildman–Crippen MR) is 57.0 cm³/mol. The highest BCUT2D eigenvalue weighted by atomic mass is 16.2. The molecule has 0 heterocycles. The van der Waals surface area contributed by atoms with Crippen LogP contribution in [0, 0.1) is 0 Å². The van der Waals surface area contributed by atoms with E-state index in [-0.39, 0.29) is 5.91 Å². The second kappa shape index (κ2) is 4.77. The molecular weight excluding hydrogens is 176 g/mol. The summed E-state index contributed by atoms with van der Waals surface area (Å²) in [5.74, 6) is -0.0487. The predicted octanol–water partition coefficient (Wildman–Crippen LogP) is 1.46. The molecule has 0 spiro atoms. The number of hydrogen-bond acceptors (Lipinski definition) is 2. The van der Waals surface area contributed by atoms with Crippen LogP contribution in [0.3, 0.4) is 0 Å². The Bertz CT molecular complexity index is 321. The van der Waals surface area contributed by atoms with Crippen LogP contribution in [0.15, 0.2) is 24.3 Å². The lowest BCUT2D eigenvalue weighted by Gasteiger charge is -2.13. The summed E-state index contributed by atoms with van der Waals surface area (Å²) in [6.07, 6.45) is 0.872. The monoisotopic (exact) mass is 192 g/mol. The van der Waals surface area contributed by atoms with Crippen LogP contribution in [-0.2, 0) is 6.42 Å². The lowest BCUT2D eigenvalue weighted by molar-refractivity contribution is 0.0856. The number of aryl methyl sites for hydroxylation is 1. The minimum absolute atomic E-state index is 0.0487. The number of nitrogens with zero attached hydrogens (tertiary/aromatic N) is 1. The maximum absolute atomic E-state index is 11.7. The summed E-state index contributed by atoms with van der Waals surface area (Å²) in [7, 11) is 3.60. The molecule has 76 valence electrons. The fraction of sp³-hybridized carbons (Fsp3) is 0.364. The molecule has 1 rings (SSSR count). The molecular formula is C11H16N2O. The largest absolute Gasteiger partial charge is 0.285 e. The first kappa shape index (κ1) is 10.7. The van der Waals surface area contributed by atoms with E-state index in [1.165, 1.54) is 0 Å². The molecule has 1 aromatic carbocycles. The highest BCUT2D eigenvalue weighted by Crippen LogP contribution is 2.08. The van der Waals surface area contributed by atoms with Crippen molar-refractivity contribution in [2.45, 2.75) is 13.3 Å². The fourth-order valence-corrected chi connectivity index (χ4v) is 1.31. The van der Waals surface area contributed by atoms with Gasteiger partial charge in [0.15, 0.2) is 0 Å². The molecule has 14 heavy (non-hydrogen) atoms. The fourth-order valence-electron chi connectivity index (χ4n) is 1.31. The van der Waals surface area contributed by atoms with E-state index in [4.69, 9.17) is 0 Å². The van der Waals surface area contributed by atoms with Gasteiger partial charge in [-0.2, -0.15) is 0 Å². The van der Waals surface area contributed by atoms with Gasteiger partial charge in [0.05, 0.1) is 0 Å². The first-order chi connectivity index (χ1) is 6.65. The zero-order valence-electron chi connectivity index (χ0n) is 8.87. The van der Waals surface area contributed by atoms with Gasteiger partial charge < -0.3 is 0 Å². The van der Waals surface area contributed by atoms with Gasteiger partial charge >= 0.3 is 0 Å². The summed E-state index contributed by atoms with van der Waals surface area (Å²) in [6.45, 7) is 2.04. The minimum Gasteiger partial charge on any atom is -0.285 e. The van der Waals surface area contributed by atoms with E-state index in [2.05, 4.69) is 5.43 Å². The van der Waals surface area contributed by atoms with Crippen LogP contribution < -0.4 is 5.43 Å². The minimum atomic E-state index is -0.0487.